The molecular weight excluding hydrogens is 360 g/mol. The summed E-state index contributed by atoms with van der Waals surface area (Å²) in [5.74, 6) is 0.533. The van der Waals surface area contributed by atoms with E-state index in [0.29, 0.717) is 19.6 Å². The Morgan fingerprint density at radius 3 is 2.39 bits per heavy atom. The molecule has 154 valence electrons. The summed E-state index contributed by atoms with van der Waals surface area (Å²) in [4.78, 5) is 27.6. The first-order chi connectivity index (χ1) is 13.3. The van der Waals surface area contributed by atoms with Crippen molar-refractivity contribution in [1.29, 1.82) is 0 Å². The van der Waals surface area contributed by atoms with Crippen molar-refractivity contribution in [1.82, 2.24) is 10.2 Å². The van der Waals surface area contributed by atoms with Crippen LogP contribution in [0.5, 0.6) is 5.75 Å². The Balaban J connectivity index is 1.88. The number of nitrogens with one attached hydrogen (secondary N) is 1. The standard InChI is InChI=1S/C21H30N2O5/c1-6-27-15-10-8-14(9-11-15)16(13-26-5)23-18(24)21(22-19(23)25)12-17(28-7-2)20(21,3)4/h8-11,16-17H,6-7,12-13H2,1-5H3,(H,22,25)/t16-,17-,21+/m0/s1. The lowest BCUT2D eigenvalue weighted by atomic mass is 9.54. The smallest absolute Gasteiger partial charge is 0.325 e. The van der Waals surface area contributed by atoms with Gasteiger partial charge in [-0.1, -0.05) is 26.0 Å². The Bertz CT molecular complexity index is 733. The number of carbonyl (C=O) groups is 2. The Morgan fingerprint density at radius 1 is 1.18 bits per heavy atom. The first-order valence-corrected chi connectivity index (χ1v) is 9.81. The van der Waals surface area contributed by atoms with E-state index in [1.54, 1.807) is 7.11 Å². The fourth-order valence-electron chi connectivity index (χ4n) is 4.29. The lowest BCUT2D eigenvalue weighted by Gasteiger charge is -2.57. The molecule has 1 spiro atoms. The molecule has 7 heteroatoms. The molecule has 3 atom stereocenters. The number of amides is 3. The van der Waals surface area contributed by atoms with Crippen molar-refractivity contribution in [3.63, 3.8) is 0 Å². The highest BCUT2D eigenvalue weighted by Crippen LogP contribution is 2.54. The molecule has 2 fully saturated rings. The zero-order valence-electron chi connectivity index (χ0n) is 17.3. The second-order valence-electron chi connectivity index (χ2n) is 7.85. The number of benzene rings is 1. The van der Waals surface area contributed by atoms with E-state index >= 15 is 0 Å². The highest BCUT2D eigenvalue weighted by molar-refractivity contribution is 6.09. The van der Waals surface area contributed by atoms with Crippen molar-refractivity contribution in [3.05, 3.63) is 29.8 Å². The summed E-state index contributed by atoms with van der Waals surface area (Å²) in [6, 6.07) is 6.53. The number of hydrogen-bond donors (Lipinski definition) is 1. The number of carbonyl (C=O) groups excluding carboxylic acids is 2. The highest BCUT2D eigenvalue weighted by Gasteiger charge is 2.71. The zero-order chi connectivity index (χ0) is 20.5. The maximum Gasteiger partial charge on any atom is 0.325 e. The van der Waals surface area contributed by atoms with Crippen LogP contribution < -0.4 is 10.1 Å². The zero-order valence-corrected chi connectivity index (χ0v) is 17.3. The summed E-state index contributed by atoms with van der Waals surface area (Å²) in [6.45, 7) is 9.17. The topological polar surface area (TPSA) is 77.1 Å². The van der Waals surface area contributed by atoms with Crippen LogP contribution in [-0.2, 0) is 14.3 Å². The van der Waals surface area contributed by atoms with Gasteiger partial charge in [-0.15, -0.1) is 0 Å². The third-order valence-electron chi connectivity index (χ3n) is 6.10. The molecule has 1 N–H and O–H groups in total. The Morgan fingerprint density at radius 2 is 1.86 bits per heavy atom. The van der Waals surface area contributed by atoms with Gasteiger partial charge >= 0.3 is 6.03 Å². The van der Waals surface area contributed by atoms with Crippen molar-refractivity contribution in [2.24, 2.45) is 5.41 Å². The minimum atomic E-state index is -0.929. The SMILES string of the molecule is CCOc1ccc([C@H](COC)N2C(=O)N[C@]3(C[C@H](OCC)C3(C)C)C2=O)cc1. The van der Waals surface area contributed by atoms with E-state index in [-0.39, 0.29) is 24.6 Å². The number of imide groups is 1. The van der Waals surface area contributed by atoms with Crippen LogP contribution in [0.25, 0.3) is 0 Å². The molecule has 7 nitrogen and oxygen atoms in total. The van der Waals surface area contributed by atoms with E-state index in [1.165, 1.54) is 4.90 Å². The van der Waals surface area contributed by atoms with E-state index in [4.69, 9.17) is 14.2 Å². The highest BCUT2D eigenvalue weighted by atomic mass is 16.5. The third-order valence-corrected chi connectivity index (χ3v) is 6.10. The fourth-order valence-corrected chi connectivity index (χ4v) is 4.29. The average molecular weight is 390 g/mol. The first kappa shape index (κ1) is 20.6. The van der Waals surface area contributed by atoms with Crippen molar-refractivity contribution in [2.45, 2.75) is 51.8 Å². The first-order valence-electron chi connectivity index (χ1n) is 9.81. The summed E-state index contributed by atoms with van der Waals surface area (Å²) in [6.07, 6.45) is 0.422. The van der Waals surface area contributed by atoms with Gasteiger partial charge in [-0.2, -0.15) is 0 Å². The maximum absolute atomic E-state index is 13.5. The molecule has 1 heterocycles. The van der Waals surface area contributed by atoms with Crippen LogP contribution in [-0.4, -0.2) is 55.4 Å². The fraction of sp³-hybridized carbons (Fsp3) is 0.619. The monoisotopic (exact) mass is 390 g/mol. The van der Waals surface area contributed by atoms with Crippen LogP contribution in [0.1, 0.15) is 45.7 Å². The largest absolute Gasteiger partial charge is 0.494 e. The molecule has 0 unspecified atom stereocenters. The van der Waals surface area contributed by atoms with Gasteiger partial charge in [0.05, 0.1) is 25.4 Å². The van der Waals surface area contributed by atoms with Crippen molar-refractivity contribution < 1.29 is 23.8 Å². The predicted octanol–water partition coefficient (Wildman–Crippen LogP) is 2.90. The van der Waals surface area contributed by atoms with Crippen molar-refractivity contribution >= 4 is 11.9 Å². The number of rotatable bonds is 8. The number of hydrogen-bond acceptors (Lipinski definition) is 5. The van der Waals surface area contributed by atoms with E-state index in [0.717, 1.165) is 11.3 Å². The van der Waals surface area contributed by atoms with Gasteiger partial charge in [0.15, 0.2) is 0 Å². The van der Waals surface area contributed by atoms with Crippen molar-refractivity contribution in [2.75, 3.05) is 26.9 Å². The number of nitrogens with zero attached hydrogens (tertiary/aromatic N) is 1. The molecule has 1 aromatic carbocycles. The van der Waals surface area contributed by atoms with Crippen LogP contribution in [0, 0.1) is 5.41 Å². The number of methoxy groups -OCH3 is 1. The van der Waals surface area contributed by atoms with Gasteiger partial charge in [0.25, 0.3) is 5.91 Å². The van der Waals surface area contributed by atoms with Gasteiger partial charge in [0, 0.05) is 25.6 Å². The van der Waals surface area contributed by atoms with Crippen LogP contribution >= 0.6 is 0 Å². The summed E-state index contributed by atoms with van der Waals surface area (Å²) in [7, 11) is 1.56. The molecule has 28 heavy (non-hydrogen) atoms. The maximum atomic E-state index is 13.5. The van der Waals surface area contributed by atoms with E-state index in [1.807, 2.05) is 52.0 Å². The molecule has 3 amide bonds. The normalized spacial score (nSPS) is 26.9. The molecule has 3 rings (SSSR count). The van der Waals surface area contributed by atoms with Gasteiger partial charge in [0.2, 0.25) is 0 Å². The molecule has 1 saturated heterocycles. The quantitative estimate of drug-likeness (QED) is 0.691. The molecule has 1 aromatic rings. The Hall–Kier alpha value is -2.12. The molecule has 2 aliphatic rings. The predicted molar refractivity (Wildman–Crippen MR) is 104 cm³/mol. The molecule has 0 bridgehead atoms. The lowest BCUT2D eigenvalue weighted by Crippen LogP contribution is -2.73. The number of ether oxygens (including phenoxy) is 3. The molecule has 0 aromatic heterocycles. The van der Waals surface area contributed by atoms with Crippen LogP contribution in [0.4, 0.5) is 4.79 Å². The second kappa shape index (κ2) is 7.72. The Kier molecular flexibility index (Phi) is 5.68. The summed E-state index contributed by atoms with van der Waals surface area (Å²) >= 11 is 0. The van der Waals surface area contributed by atoms with Gasteiger partial charge in [-0.3, -0.25) is 9.69 Å². The second-order valence-corrected chi connectivity index (χ2v) is 7.85. The molecule has 1 aliphatic heterocycles. The molecule has 1 aliphatic carbocycles. The summed E-state index contributed by atoms with van der Waals surface area (Å²) in [5, 5.41) is 2.96. The van der Waals surface area contributed by atoms with Gasteiger partial charge in [-0.25, -0.2) is 4.79 Å². The van der Waals surface area contributed by atoms with Crippen LogP contribution in [0.15, 0.2) is 24.3 Å². The molecule has 1 saturated carbocycles. The third kappa shape index (κ3) is 3.06. The average Bonchev–Trinajstić information content (AvgIpc) is 2.93. The van der Waals surface area contributed by atoms with E-state index < -0.39 is 17.0 Å². The van der Waals surface area contributed by atoms with Crippen molar-refractivity contribution in [3.8, 4) is 5.75 Å². The minimum Gasteiger partial charge on any atom is -0.494 e. The Labute approximate surface area is 166 Å². The summed E-state index contributed by atoms with van der Waals surface area (Å²) in [5.41, 5.74) is -0.591. The minimum absolute atomic E-state index is 0.0620. The van der Waals surface area contributed by atoms with E-state index in [9.17, 15) is 9.59 Å². The summed E-state index contributed by atoms with van der Waals surface area (Å²) < 4.78 is 16.6. The molecular formula is C21H30N2O5. The van der Waals surface area contributed by atoms with Crippen LogP contribution in [0.3, 0.4) is 0 Å². The van der Waals surface area contributed by atoms with E-state index in [2.05, 4.69) is 5.32 Å². The van der Waals surface area contributed by atoms with Gasteiger partial charge < -0.3 is 19.5 Å². The van der Waals surface area contributed by atoms with Crippen LogP contribution in [0.2, 0.25) is 0 Å². The van der Waals surface area contributed by atoms with Gasteiger partial charge in [0.1, 0.15) is 11.3 Å². The number of urea groups is 1. The lowest BCUT2D eigenvalue weighted by molar-refractivity contribution is -0.176. The molecule has 0 radical (unpaired) electrons. The van der Waals surface area contributed by atoms with Gasteiger partial charge in [-0.05, 0) is 31.5 Å².